The number of nitrogens with zero attached hydrogens (tertiary/aromatic N) is 3. The maximum absolute atomic E-state index is 13.6. The number of anilines is 1. The van der Waals surface area contributed by atoms with Crippen molar-refractivity contribution in [1.29, 1.82) is 0 Å². The van der Waals surface area contributed by atoms with Gasteiger partial charge in [0.25, 0.3) is 0 Å². The van der Waals surface area contributed by atoms with Crippen molar-refractivity contribution in [2.75, 3.05) is 5.32 Å². The van der Waals surface area contributed by atoms with Crippen LogP contribution in [0.5, 0.6) is 0 Å². The smallest absolute Gasteiger partial charge is 0.237 e. The molecule has 0 aliphatic carbocycles. The molecule has 5 nitrogen and oxygen atoms in total. The molecule has 0 aliphatic heterocycles. The Morgan fingerprint density at radius 3 is 2.76 bits per heavy atom. The number of carbonyl (C=O) groups is 1. The largest absolute Gasteiger partial charge is 0.323 e. The molecule has 9 heteroatoms. The van der Waals surface area contributed by atoms with Crippen LogP contribution in [0.3, 0.4) is 0 Å². The zero-order valence-corrected chi connectivity index (χ0v) is 14.7. The summed E-state index contributed by atoms with van der Waals surface area (Å²) in [5.41, 5.74) is -0.402. The van der Waals surface area contributed by atoms with Crippen LogP contribution >= 0.6 is 11.8 Å². The molecule has 1 heterocycles. The topological polar surface area (TPSA) is 59.8 Å². The van der Waals surface area contributed by atoms with E-state index < -0.39 is 34.3 Å². The van der Waals surface area contributed by atoms with E-state index in [9.17, 15) is 18.0 Å². The van der Waals surface area contributed by atoms with E-state index in [1.54, 1.807) is 13.3 Å². The molecule has 0 aliphatic rings. The highest BCUT2D eigenvalue weighted by molar-refractivity contribution is 8.00. The van der Waals surface area contributed by atoms with Crippen molar-refractivity contribution in [3.63, 3.8) is 0 Å². The van der Waals surface area contributed by atoms with Gasteiger partial charge < -0.3 is 9.88 Å². The van der Waals surface area contributed by atoms with Crippen LogP contribution in [0.25, 0.3) is 0 Å². The van der Waals surface area contributed by atoms with Crippen LogP contribution < -0.4 is 5.32 Å². The fourth-order valence-electron chi connectivity index (χ4n) is 2.09. The molecule has 0 spiro atoms. The predicted molar refractivity (Wildman–Crippen MR) is 89.8 cm³/mol. The maximum atomic E-state index is 13.6. The molecule has 136 valence electrons. The van der Waals surface area contributed by atoms with Gasteiger partial charge in [0, 0.05) is 6.54 Å². The second-order valence-electron chi connectivity index (χ2n) is 5.49. The zero-order valence-electron chi connectivity index (χ0n) is 13.9. The molecule has 0 bridgehead atoms. The van der Waals surface area contributed by atoms with E-state index in [0.717, 1.165) is 49.7 Å². The number of hydrogen-bond acceptors (Lipinski definition) is 4. The van der Waals surface area contributed by atoms with Crippen LogP contribution in [-0.2, 0) is 11.3 Å². The molecule has 0 saturated heterocycles. The van der Waals surface area contributed by atoms with Crippen molar-refractivity contribution in [3.8, 4) is 0 Å². The average molecular weight is 372 g/mol. The average Bonchev–Trinajstić information content (AvgIpc) is 3.02. The number of amides is 1. The number of halogens is 3. The van der Waals surface area contributed by atoms with Crippen molar-refractivity contribution in [2.45, 2.75) is 50.1 Å². The van der Waals surface area contributed by atoms with Crippen LogP contribution in [0.15, 0.2) is 23.6 Å². The van der Waals surface area contributed by atoms with Crippen molar-refractivity contribution in [3.05, 3.63) is 35.9 Å². The number of carbonyl (C=O) groups excluding carboxylic acids is 1. The Kier molecular flexibility index (Phi) is 6.86. The molecule has 0 saturated carbocycles. The summed E-state index contributed by atoms with van der Waals surface area (Å²) >= 11 is 1.16. The van der Waals surface area contributed by atoms with E-state index in [1.165, 1.54) is 0 Å². The number of nitrogens with one attached hydrogen (secondary N) is 1. The molecular weight excluding hydrogens is 353 g/mol. The van der Waals surface area contributed by atoms with Crippen molar-refractivity contribution in [1.82, 2.24) is 14.8 Å². The molecule has 2 aromatic rings. The standard InChI is InChI=1S/C16H19F3N4OS/c1-3-4-5-8-23-9-20-22-16(23)25-10(2)15(24)21-12-7-6-11(17)13(18)14(12)19/h6-7,9-10H,3-5,8H2,1-2H3,(H,21,24)/t10-/m1/s1. The Hall–Kier alpha value is -2.03. The van der Waals surface area contributed by atoms with Gasteiger partial charge in [-0.1, -0.05) is 31.5 Å². The number of thioether (sulfide) groups is 1. The van der Waals surface area contributed by atoms with Gasteiger partial charge in [-0.05, 0) is 25.5 Å². The Morgan fingerprint density at radius 2 is 2.04 bits per heavy atom. The Morgan fingerprint density at radius 1 is 1.28 bits per heavy atom. The van der Waals surface area contributed by atoms with E-state index >= 15 is 0 Å². The van der Waals surface area contributed by atoms with Crippen LogP contribution in [0.4, 0.5) is 18.9 Å². The minimum Gasteiger partial charge on any atom is -0.323 e. The third-order valence-corrected chi connectivity index (χ3v) is 4.62. The number of hydrogen-bond donors (Lipinski definition) is 1. The zero-order chi connectivity index (χ0) is 18.4. The summed E-state index contributed by atoms with van der Waals surface area (Å²) < 4.78 is 41.6. The van der Waals surface area contributed by atoms with Gasteiger partial charge in [-0.2, -0.15) is 0 Å². The Bertz CT molecular complexity index is 738. The van der Waals surface area contributed by atoms with Crippen molar-refractivity contribution >= 4 is 23.4 Å². The molecule has 1 atom stereocenters. The summed E-state index contributed by atoms with van der Waals surface area (Å²) in [6.45, 7) is 4.46. The monoisotopic (exact) mass is 372 g/mol. The molecule has 0 fully saturated rings. The first-order valence-corrected chi connectivity index (χ1v) is 8.80. The number of aryl methyl sites for hydroxylation is 1. The van der Waals surface area contributed by atoms with E-state index in [1.807, 2.05) is 4.57 Å². The van der Waals surface area contributed by atoms with Gasteiger partial charge in [0.2, 0.25) is 5.91 Å². The van der Waals surface area contributed by atoms with Gasteiger partial charge >= 0.3 is 0 Å². The number of unbranched alkanes of at least 4 members (excludes halogenated alkanes) is 2. The highest BCUT2D eigenvalue weighted by Crippen LogP contribution is 2.24. The first-order valence-electron chi connectivity index (χ1n) is 7.92. The first-order chi connectivity index (χ1) is 11.9. The minimum atomic E-state index is -1.62. The lowest BCUT2D eigenvalue weighted by molar-refractivity contribution is -0.115. The summed E-state index contributed by atoms with van der Waals surface area (Å²) in [5.74, 6) is -4.89. The van der Waals surface area contributed by atoms with Crippen LogP contribution in [-0.4, -0.2) is 25.9 Å². The lowest BCUT2D eigenvalue weighted by Gasteiger charge is -2.13. The van der Waals surface area contributed by atoms with E-state index in [0.29, 0.717) is 5.16 Å². The number of rotatable bonds is 8. The van der Waals surface area contributed by atoms with Gasteiger partial charge in [0.1, 0.15) is 6.33 Å². The van der Waals surface area contributed by atoms with E-state index in [2.05, 4.69) is 22.4 Å². The summed E-state index contributed by atoms with van der Waals surface area (Å²) in [6, 6.07) is 1.74. The molecule has 1 N–H and O–H groups in total. The minimum absolute atomic E-state index is 0.402. The second-order valence-corrected chi connectivity index (χ2v) is 6.79. The first kappa shape index (κ1) is 19.3. The lowest BCUT2D eigenvalue weighted by atomic mass is 10.2. The second kappa shape index (κ2) is 8.89. The number of aromatic nitrogens is 3. The molecule has 1 aromatic heterocycles. The van der Waals surface area contributed by atoms with Gasteiger partial charge in [-0.3, -0.25) is 4.79 Å². The highest BCUT2D eigenvalue weighted by Gasteiger charge is 2.21. The van der Waals surface area contributed by atoms with Crippen LogP contribution in [0.2, 0.25) is 0 Å². The van der Waals surface area contributed by atoms with Gasteiger partial charge in [-0.15, -0.1) is 10.2 Å². The quantitative estimate of drug-likeness (QED) is 0.432. The van der Waals surface area contributed by atoms with Crippen molar-refractivity contribution in [2.24, 2.45) is 0 Å². The van der Waals surface area contributed by atoms with E-state index in [-0.39, 0.29) is 0 Å². The van der Waals surface area contributed by atoms with Gasteiger partial charge in [0.15, 0.2) is 22.6 Å². The van der Waals surface area contributed by atoms with Crippen LogP contribution in [0.1, 0.15) is 33.1 Å². The predicted octanol–water partition coefficient (Wildman–Crippen LogP) is 4.00. The normalized spacial score (nSPS) is 12.2. The third-order valence-electron chi connectivity index (χ3n) is 3.53. The molecule has 0 radical (unpaired) electrons. The maximum Gasteiger partial charge on any atom is 0.237 e. The molecule has 25 heavy (non-hydrogen) atoms. The summed E-state index contributed by atoms with van der Waals surface area (Å²) in [5, 5.41) is 10.0. The van der Waals surface area contributed by atoms with E-state index in [4.69, 9.17) is 0 Å². The van der Waals surface area contributed by atoms with Gasteiger partial charge in [-0.25, -0.2) is 13.2 Å². The highest BCUT2D eigenvalue weighted by atomic mass is 32.2. The van der Waals surface area contributed by atoms with Gasteiger partial charge in [0.05, 0.1) is 10.9 Å². The van der Waals surface area contributed by atoms with Crippen LogP contribution in [0, 0.1) is 17.5 Å². The molecule has 1 aromatic carbocycles. The fraction of sp³-hybridized carbons (Fsp3) is 0.438. The van der Waals surface area contributed by atoms with Crippen molar-refractivity contribution < 1.29 is 18.0 Å². The SMILES string of the molecule is CCCCCn1cnnc1S[C@H](C)C(=O)Nc1ccc(F)c(F)c1F. The summed E-state index contributed by atoms with van der Waals surface area (Å²) in [7, 11) is 0. The summed E-state index contributed by atoms with van der Waals surface area (Å²) in [6.07, 6.45) is 4.73. The molecule has 2 rings (SSSR count). The fourth-order valence-corrected chi connectivity index (χ4v) is 2.94. The lowest BCUT2D eigenvalue weighted by Crippen LogP contribution is -2.23. The molecular formula is C16H19F3N4OS. The Labute approximate surface area is 148 Å². The molecule has 0 unspecified atom stereocenters. The Balaban J connectivity index is 1.99. The molecule has 1 amide bonds. The third kappa shape index (κ3) is 4.97. The summed E-state index contributed by atoms with van der Waals surface area (Å²) in [4.78, 5) is 12.2. The number of benzene rings is 1.